The quantitative estimate of drug-likeness (QED) is 0.445. The molecule has 138 valence electrons. The highest BCUT2D eigenvalue weighted by molar-refractivity contribution is 7.78. The van der Waals surface area contributed by atoms with Gasteiger partial charge in [0.25, 0.3) is 0 Å². The Morgan fingerprint density at radius 3 is 2.04 bits per heavy atom. The van der Waals surface area contributed by atoms with Crippen molar-refractivity contribution in [2.24, 2.45) is 0 Å². The van der Waals surface area contributed by atoms with Crippen molar-refractivity contribution in [2.75, 3.05) is 12.8 Å². The predicted octanol–water partition coefficient (Wildman–Crippen LogP) is 5.33. The van der Waals surface area contributed by atoms with Crippen LogP contribution in [0.1, 0.15) is 11.5 Å². The van der Waals surface area contributed by atoms with E-state index in [1.807, 2.05) is 66.7 Å². The molecule has 5 rings (SSSR count). The third kappa shape index (κ3) is 2.85. The molecule has 0 bridgehead atoms. The number of ether oxygens (including phenoxy) is 1. The SMILES string of the molecule is O=P(CC1COc2ccc3ccccc3c21)(c1ccccc1)c1ccccc1. The van der Waals surface area contributed by atoms with E-state index in [2.05, 4.69) is 30.3 Å². The van der Waals surface area contributed by atoms with Crippen molar-refractivity contribution in [3.63, 3.8) is 0 Å². The maximum Gasteiger partial charge on any atom is 0.143 e. The van der Waals surface area contributed by atoms with Gasteiger partial charge in [-0.25, -0.2) is 0 Å². The zero-order valence-electron chi connectivity index (χ0n) is 15.5. The summed E-state index contributed by atoms with van der Waals surface area (Å²) >= 11 is 0. The molecule has 0 spiro atoms. The molecule has 0 fully saturated rings. The Kier molecular flexibility index (Phi) is 4.30. The first-order valence-electron chi connectivity index (χ1n) is 9.60. The van der Waals surface area contributed by atoms with Crippen molar-refractivity contribution in [1.82, 2.24) is 0 Å². The molecular weight excluding hydrogens is 363 g/mol. The maximum absolute atomic E-state index is 14.5. The fraction of sp³-hybridized carbons (Fsp3) is 0.120. The summed E-state index contributed by atoms with van der Waals surface area (Å²) < 4.78 is 20.5. The van der Waals surface area contributed by atoms with Gasteiger partial charge in [-0.15, -0.1) is 0 Å². The fourth-order valence-corrected chi connectivity index (χ4v) is 7.18. The molecule has 1 aliphatic rings. The molecule has 0 radical (unpaired) electrons. The van der Waals surface area contributed by atoms with E-state index in [0.717, 1.165) is 16.4 Å². The minimum absolute atomic E-state index is 0.104. The van der Waals surface area contributed by atoms with Crippen molar-refractivity contribution in [2.45, 2.75) is 5.92 Å². The highest BCUT2D eigenvalue weighted by atomic mass is 31.2. The molecule has 1 aliphatic heterocycles. The van der Waals surface area contributed by atoms with E-state index in [0.29, 0.717) is 12.8 Å². The molecular formula is C25H21O2P. The van der Waals surface area contributed by atoms with E-state index in [1.165, 1.54) is 16.3 Å². The summed E-state index contributed by atoms with van der Waals surface area (Å²) in [6.07, 6.45) is 0.571. The summed E-state index contributed by atoms with van der Waals surface area (Å²) in [6, 6.07) is 32.3. The van der Waals surface area contributed by atoms with Crippen LogP contribution in [0.3, 0.4) is 0 Å². The van der Waals surface area contributed by atoms with Gasteiger partial charge in [-0.1, -0.05) is 91.0 Å². The van der Waals surface area contributed by atoms with Gasteiger partial charge in [0.05, 0.1) is 6.61 Å². The first-order chi connectivity index (χ1) is 13.8. The molecule has 0 aliphatic carbocycles. The molecule has 1 atom stereocenters. The number of hydrogen-bond donors (Lipinski definition) is 0. The van der Waals surface area contributed by atoms with E-state index in [1.54, 1.807) is 0 Å². The van der Waals surface area contributed by atoms with Crippen LogP contribution in [0.15, 0.2) is 97.1 Å². The van der Waals surface area contributed by atoms with Crippen LogP contribution in [0.5, 0.6) is 5.75 Å². The first kappa shape index (κ1) is 17.3. The molecule has 0 N–H and O–H groups in total. The predicted molar refractivity (Wildman–Crippen MR) is 117 cm³/mol. The molecule has 0 saturated carbocycles. The second-order valence-electron chi connectivity index (χ2n) is 7.30. The summed E-state index contributed by atoms with van der Waals surface area (Å²) in [5.41, 5.74) is 1.20. The summed E-state index contributed by atoms with van der Waals surface area (Å²) in [5, 5.41) is 4.23. The van der Waals surface area contributed by atoms with Crippen LogP contribution in [-0.4, -0.2) is 12.8 Å². The van der Waals surface area contributed by atoms with E-state index in [-0.39, 0.29) is 5.92 Å². The second kappa shape index (κ2) is 6.96. The Bertz CT molecular complexity index is 1130. The van der Waals surface area contributed by atoms with Gasteiger partial charge in [0.1, 0.15) is 12.9 Å². The largest absolute Gasteiger partial charge is 0.493 e. The molecule has 0 saturated heterocycles. The third-order valence-corrected chi connectivity index (χ3v) is 8.82. The monoisotopic (exact) mass is 384 g/mol. The van der Waals surface area contributed by atoms with Gasteiger partial charge in [-0.05, 0) is 16.8 Å². The van der Waals surface area contributed by atoms with Gasteiger partial charge in [-0.2, -0.15) is 0 Å². The van der Waals surface area contributed by atoms with Gasteiger partial charge < -0.3 is 9.30 Å². The van der Waals surface area contributed by atoms with Crippen molar-refractivity contribution in [3.8, 4) is 5.75 Å². The maximum atomic E-state index is 14.5. The molecule has 1 heterocycles. The Morgan fingerprint density at radius 1 is 0.750 bits per heavy atom. The van der Waals surface area contributed by atoms with Gasteiger partial charge in [-0.3, -0.25) is 0 Å². The van der Waals surface area contributed by atoms with Crippen LogP contribution >= 0.6 is 7.14 Å². The van der Waals surface area contributed by atoms with Crippen LogP contribution in [0.2, 0.25) is 0 Å². The molecule has 0 aromatic heterocycles. The van der Waals surface area contributed by atoms with Crippen molar-refractivity contribution in [1.29, 1.82) is 0 Å². The first-order valence-corrected chi connectivity index (χ1v) is 11.5. The van der Waals surface area contributed by atoms with Crippen LogP contribution in [-0.2, 0) is 4.57 Å². The standard InChI is InChI=1S/C25H21O2P/c26-28(21-10-3-1-4-11-21,22-12-5-2-6-13-22)18-20-17-27-24-16-15-19-9-7-8-14-23(19)25(20)24/h1-16,20H,17-18H2. The molecule has 1 unspecified atom stereocenters. The summed E-state index contributed by atoms with van der Waals surface area (Å²) in [7, 11) is -2.79. The number of hydrogen-bond acceptors (Lipinski definition) is 2. The lowest BCUT2D eigenvalue weighted by molar-refractivity contribution is 0.338. The van der Waals surface area contributed by atoms with Crippen LogP contribution in [0, 0.1) is 0 Å². The number of benzene rings is 4. The summed E-state index contributed by atoms with van der Waals surface area (Å²) in [5.74, 6) is 1.03. The highest BCUT2D eigenvalue weighted by Crippen LogP contribution is 2.51. The summed E-state index contributed by atoms with van der Waals surface area (Å²) in [6.45, 7) is 0.576. The second-order valence-corrected chi connectivity index (χ2v) is 10.2. The Hall–Kier alpha value is -2.83. The summed E-state index contributed by atoms with van der Waals surface area (Å²) in [4.78, 5) is 0. The third-order valence-electron chi connectivity index (χ3n) is 5.60. The van der Waals surface area contributed by atoms with E-state index >= 15 is 0 Å². The van der Waals surface area contributed by atoms with Gasteiger partial charge in [0, 0.05) is 28.3 Å². The lowest BCUT2D eigenvalue weighted by Gasteiger charge is -2.23. The smallest absolute Gasteiger partial charge is 0.143 e. The number of fused-ring (bicyclic) bond motifs is 3. The topological polar surface area (TPSA) is 26.3 Å². The lowest BCUT2D eigenvalue weighted by Crippen LogP contribution is -2.22. The van der Waals surface area contributed by atoms with Crippen LogP contribution < -0.4 is 15.3 Å². The molecule has 4 aromatic rings. The van der Waals surface area contributed by atoms with E-state index < -0.39 is 7.14 Å². The Balaban J connectivity index is 1.63. The fourth-order valence-electron chi connectivity index (χ4n) is 4.25. The van der Waals surface area contributed by atoms with Gasteiger partial charge in [0.2, 0.25) is 0 Å². The normalized spacial score (nSPS) is 15.9. The number of rotatable bonds is 4. The molecule has 4 aromatic carbocycles. The average Bonchev–Trinajstić information content (AvgIpc) is 3.18. The Labute approximate surface area is 165 Å². The minimum Gasteiger partial charge on any atom is -0.493 e. The molecule has 0 amide bonds. The van der Waals surface area contributed by atoms with E-state index in [4.69, 9.17) is 4.74 Å². The van der Waals surface area contributed by atoms with Crippen LogP contribution in [0.25, 0.3) is 10.8 Å². The van der Waals surface area contributed by atoms with Crippen molar-refractivity contribution in [3.05, 3.63) is 103 Å². The minimum atomic E-state index is -2.79. The molecule has 3 heteroatoms. The van der Waals surface area contributed by atoms with E-state index in [9.17, 15) is 4.57 Å². The average molecular weight is 384 g/mol. The lowest BCUT2D eigenvalue weighted by atomic mass is 9.96. The highest BCUT2D eigenvalue weighted by Gasteiger charge is 2.36. The van der Waals surface area contributed by atoms with Crippen molar-refractivity contribution >= 4 is 28.5 Å². The van der Waals surface area contributed by atoms with Gasteiger partial charge in [0.15, 0.2) is 0 Å². The zero-order chi connectivity index (χ0) is 19.0. The zero-order valence-corrected chi connectivity index (χ0v) is 16.4. The Morgan fingerprint density at radius 2 is 1.36 bits per heavy atom. The molecule has 28 heavy (non-hydrogen) atoms. The molecule has 2 nitrogen and oxygen atoms in total. The van der Waals surface area contributed by atoms with Gasteiger partial charge >= 0.3 is 0 Å². The van der Waals surface area contributed by atoms with Crippen LogP contribution in [0.4, 0.5) is 0 Å². The van der Waals surface area contributed by atoms with Crippen molar-refractivity contribution < 1.29 is 9.30 Å².